The topological polar surface area (TPSA) is 110 Å². The van der Waals surface area contributed by atoms with E-state index in [4.69, 9.17) is 0 Å². The molecule has 1 fully saturated rings. The van der Waals surface area contributed by atoms with Crippen LogP contribution in [0.15, 0.2) is 53.5 Å². The number of carbonyl (C=O) groups is 2. The number of amides is 2. The van der Waals surface area contributed by atoms with Gasteiger partial charge in [0.1, 0.15) is 11.6 Å². The van der Waals surface area contributed by atoms with Crippen molar-refractivity contribution in [1.82, 2.24) is 24.8 Å². The van der Waals surface area contributed by atoms with Crippen molar-refractivity contribution in [3.05, 3.63) is 64.6 Å². The molecule has 0 radical (unpaired) electrons. The first-order valence-electron chi connectivity index (χ1n) is 10.8. The fourth-order valence-corrected chi connectivity index (χ4v) is 3.81. The molecular weight excluding hydrogens is 424 g/mol. The van der Waals surface area contributed by atoms with Crippen molar-refractivity contribution in [3.8, 4) is 0 Å². The van der Waals surface area contributed by atoms with E-state index in [9.17, 15) is 14.4 Å². The Kier molecular flexibility index (Phi) is 6.53. The Morgan fingerprint density at radius 2 is 1.82 bits per heavy atom. The van der Waals surface area contributed by atoms with Crippen LogP contribution in [0.5, 0.6) is 0 Å². The molecule has 0 aliphatic carbocycles. The Morgan fingerprint density at radius 1 is 1.09 bits per heavy atom. The number of fused-ring (bicyclic) bond motifs is 1. The van der Waals surface area contributed by atoms with Crippen molar-refractivity contribution in [2.75, 3.05) is 38.2 Å². The number of benzene rings is 1. The van der Waals surface area contributed by atoms with E-state index in [1.807, 2.05) is 41.3 Å². The lowest BCUT2D eigenvalue weighted by molar-refractivity contribution is -0.142. The number of hydrogen-bond acceptors (Lipinski definition) is 7. The molecule has 33 heavy (non-hydrogen) atoms. The lowest BCUT2D eigenvalue weighted by atomic mass is 10.2. The van der Waals surface area contributed by atoms with Gasteiger partial charge in [-0.25, -0.2) is 19.6 Å². The zero-order chi connectivity index (χ0) is 23.4. The zero-order valence-electron chi connectivity index (χ0n) is 18.6. The molecule has 10 nitrogen and oxygen atoms in total. The average Bonchev–Trinajstić information content (AvgIpc) is 2.85. The lowest BCUT2D eigenvalue weighted by Gasteiger charge is -2.35. The van der Waals surface area contributed by atoms with Crippen molar-refractivity contribution < 1.29 is 14.3 Å². The fraction of sp³-hybridized carbons (Fsp3) is 0.348. The Morgan fingerprint density at radius 3 is 2.52 bits per heavy atom. The summed E-state index contributed by atoms with van der Waals surface area (Å²) in [5, 5.41) is 2.63. The molecule has 1 aromatic carbocycles. The number of nitrogens with zero attached hydrogens (tertiary/aromatic N) is 5. The summed E-state index contributed by atoms with van der Waals surface area (Å²) in [5.41, 5.74) is 1.94. The van der Waals surface area contributed by atoms with E-state index < -0.39 is 12.0 Å². The number of urea groups is 1. The Hall–Kier alpha value is -3.95. The van der Waals surface area contributed by atoms with E-state index in [1.165, 1.54) is 7.11 Å². The molecule has 10 heteroatoms. The van der Waals surface area contributed by atoms with E-state index >= 15 is 0 Å². The van der Waals surface area contributed by atoms with Gasteiger partial charge in [0.15, 0.2) is 11.5 Å². The van der Waals surface area contributed by atoms with Crippen LogP contribution in [0, 0.1) is 0 Å². The normalized spacial score (nSPS) is 14.7. The van der Waals surface area contributed by atoms with Crippen LogP contribution in [0.2, 0.25) is 0 Å². The van der Waals surface area contributed by atoms with Crippen molar-refractivity contribution in [3.63, 3.8) is 0 Å². The minimum atomic E-state index is -0.736. The number of rotatable bonds is 5. The summed E-state index contributed by atoms with van der Waals surface area (Å²) < 4.78 is 6.29. The summed E-state index contributed by atoms with van der Waals surface area (Å²) in [6.07, 6.45) is 1.65. The highest BCUT2D eigenvalue weighted by atomic mass is 16.5. The molecule has 0 spiro atoms. The maximum Gasteiger partial charge on any atom is 0.328 e. The zero-order valence-corrected chi connectivity index (χ0v) is 18.6. The summed E-state index contributed by atoms with van der Waals surface area (Å²) in [7, 11) is 1.28. The predicted molar refractivity (Wildman–Crippen MR) is 123 cm³/mol. The van der Waals surface area contributed by atoms with Crippen LogP contribution in [-0.2, 0) is 16.1 Å². The van der Waals surface area contributed by atoms with Gasteiger partial charge in [0.2, 0.25) is 0 Å². The standard InChI is InChI=1S/C23H26N6O4/c1-16(22(31)33-2)25-23(32)28-13-11-27(12-14-28)20-21(30)29(15-17-7-4-3-5-8-17)19-18(26-20)9-6-10-24-19/h3-10,16H,11-15H2,1-2H3,(H,25,32). The molecule has 172 valence electrons. The van der Waals surface area contributed by atoms with Crippen LogP contribution in [-0.4, -0.2) is 70.8 Å². The largest absolute Gasteiger partial charge is 0.467 e. The van der Waals surface area contributed by atoms with Gasteiger partial charge in [0.25, 0.3) is 5.56 Å². The van der Waals surface area contributed by atoms with E-state index in [0.717, 1.165) is 5.56 Å². The third-order valence-electron chi connectivity index (χ3n) is 5.63. The number of esters is 1. The number of pyridine rings is 1. The number of aromatic nitrogens is 3. The molecule has 4 rings (SSSR count). The van der Waals surface area contributed by atoms with Crippen LogP contribution < -0.4 is 15.8 Å². The van der Waals surface area contributed by atoms with Crippen molar-refractivity contribution in [1.29, 1.82) is 0 Å². The number of nitrogens with one attached hydrogen (secondary N) is 1. The second-order valence-electron chi connectivity index (χ2n) is 7.83. The maximum atomic E-state index is 13.4. The van der Waals surface area contributed by atoms with E-state index in [0.29, 0.717) is 49.7 Å². The van der Waals surface area contributed by atoms with Crippen molar-refractivity contribution in [2.24, 2.45) is 0 Å². The molecule has 1 saturated heterocycles. The molecule has 1 unspecified atom stereocenters. The van der Waals surface area contributed by atoms with E-state index in [2.05, 4.69) is 20.0 Å². The minimum absolute atomic E-state index is 0.220. The van der Waals surface area contributed by atoms with Crippen LogP contribution in [0.25, 0.3) is 11.2 Å². The molecule has 1 aliphatic rings. The third kappa shape index (κ3) is 4.79. The number of carbonyl (C=O) groups excluding carboxylic acids is 2. The smallest absolute Gasteiger partial charge is 0.328 e. The summed E-state index contributed by atoms with van der Waals surface area (Å²) >= 11 is 0. The quantitative estimate of drug-likeness (QED) is 0.582. The van der Waals surface area contributed by atoms with Gasteiger partial charge in [-0.2, -0.15) is 0 Å². The monoisotopic (exact) mass is 450 g/mol. The minimum Gasteiger partial charge on any atom is -0.467 e. The van der Waals surface area contributed by atoms with Gasteiger partial charge in [-0.1, -0.05) is 30.3 Å². The number of methoxy groups -OCH3 is 1. The van der Waals surface area contributed by atoms with Gasteiger partial charge >= 0.3 is 12.0 Å². The lowest BCUT2D eigenvalue weighted by Crippen LogP contribution is -2.55. The molecule has 1 N–H and O–H groups in total. The first-order valence-corrected chi connectivity index (χ1v) is 10.8. The van der Waals surface area contributed by atoms with E-state index in [1.54, 1.807) is 28.7 Å². The van der Waals surface area contributed by atoms with Crippen LogP contribution >= 0.6 is 0 Å². The third-order valence-corrected chi connectivity index (χ3v) is 5.63. The summed E-state index contributed by atoms with van der Waals surface area (Å²) in [5.74, 6) is -0.163. The SMILES string of the molecule is COC(=O)C(C)NC(=O)N1CCN(c2nc3cccnc3n(Cc3ccccc3)c2=O)CC1. The van der Waals surface area contributed by atoms with Gasteiger partial charge in [0, 0.05) is 32.4 Å². The Bertz CT molecular complexity index is 1200. The van der Waals surface area contributed by atoms with Crippen LogP contribution in [0.3, 0.4) is 0 Å². The number of ether oxygens (including phenoxy) is 1. The highest BCUT2D eigenvalue weighted by Gasteiger charge is 2.27. The summed E-state index contributed by atoms with van der Waals surface area (Å²) in [6, 6.07) is 12.3. The highest BCUT2D eigenvalue weighted by molar-refractivity contribution is 5.83. The molecule has 3 aromatic rings. The highest BCUT2D eigenvalue weighted by Crippen LogP contribution is 2.16. The van der Waals surface area contributed by atoms with Crippen molar-refractivity contribution in [2.45, 2.75) is 19.5 Å². The second kappa shape index (κ2) is 9.68. The first kappa shape index (κ1) is 22.3. The predicted octanol–water partition coefficient (Wildman–Crippen LogP) is 1.23. The molecule has 0 saturated carbocycles. The number of piperazine rings is 1. The van der Waals surface area contributed by atoms with Gasteiger partial charge < -0.3 is 19.9 Å². The van der Waals surface area contributed by atoms with Gasteiger partial charge in [-0.15, -0.1) is 0 Å². The van der Waals surface area contributed by atoms with Gasteiger partial charge in [-0.3, -0.25) is 9.36 Å². The van der Waals surface area contributed by atoms with Crippen LogP contribution in [0.1, 0.15) is 12.5 Å². The first-order chi connectivity index (χ1) is 16.0. The summed E-state index contributed by atoms with van der Waals surface area (Å²) in [6.45, 7) is 3.63. The van der Waals surface area contributed by atoms with Crippen molar-refractivity contribution >= 4 is 29.0 Å². The summed E-state index contributed by atoms with van der Waals surface area (Å²) in [4.78, 5) is 50.0. The molecule has 1 atom stereocenters. The Balaban J connectivity index is 1.55. The molecule has 3 heterocycles. The van der Waals surface area contributed by atoms with Gasteiger partial charge in [0.05, 0.1) is 13.7 Å². The molecular formula is C23H26N6O4. The number of hydrogen-bond donors (Lipinski definition) is 1. The van der Waals surface area contributed by atoms with E-state index in [-0.39, 0.29) is 11.6 Å². The molecule has 1 aliphatic heterocycles. The maximum absolute atomic E-state index is 13.4. The second-order valence-corrected chi connectivity index (χ2v) is 7.83. The fourth-order valence-electron chi connectivity index (χ4n) is 3.81. The Labute approximate surface area is 190 Å². The van der Waals surface area contributed by atoms with Gasteiger partial charge in [-0.05, 0) is 24.6 Å². The van der Waals surface area contributed by atoms with Crippen LogP contribution in [0.4, 0.5) is 10.6 Å². The molecule has 2 aromatic heterocycles. The average molecular weight is 450 g/mol. The molecule has 0 bridgehead atoms. The number of anilines is 1. The molecule has 2 amide bonds.